The number of carbonyl (C=O) groups is 1. The van der Waals surface area contributed by atoms with E-state index in [1.807, 2.05) is 13.8 Å². The largest absolute Gasteiger partial charge is 0.396 e. The molecular formula is C13H25NO2. The highest BCUT2D eigenvalue weighted by Crippen LogP contribution is 2.23. The van der Waals surface area contributed by atoms with Gasteiger partial charge in [0.15, 0.2) is 0 Å². The number of aliphatic hydroxyl groups excluding tert-OH is 1. The molecule has 0 rings (SSSR count). The van der Waals surface area contributed by atoms with Crippen LogP contribution in [0, 0.1) is 5.41 Å². The van der Waals surface area contributed by atoms with E-state index in [4.69, 9.17) is 5.11 Å². The molecule has 94 valence electrons. The summed E-state index contributed by atoms with van der Waals surface area (Å²) in [5.41, 5.74) is 1.08. The van der Waals surface area contributed by atoms with E-state index >= 15 is 0 Å². The molecule has 1 amide bonds. The second kappa shape index (κ2) is 6.69. The van der Waals surface area contributed by atoms with Crippen LogP contribution in [0.4, 0.5) is 0 Å². The van der Waals surface area contributed by atoms with Gasteiger partial charge in [-0.3, -0.25) is 4.79 Å². The van der Waals surface area contributed by atoms with Crippen LogP contribution in [0.5, 0.6) is 0 Å². The number of rotatable bonds is 5. The summed E-state index contributed by atoms with van der Waals surface area (Å²) in [5, 5.41) is 11.7. The standard InChI is InChI=1S/C13H25NO2/c1-6-11(7-8-15)14-12(16)9-10(2)13(3,4)5/h9,11,15H,6-8H2,1-5H3,(H,14,16)/b10-9-. The van der Waals surface area contributed by atoms with E-state index in [-0.39, 0.29) is 24.0 Å². The van der Waals surface area contributed by atoms with Gasteiger partial charge in [-0.1, -0.05) is 33.3 Å². The van der Waals surface area contributed by atoms with Crippen molar-refractivity contribution in [1.29, 1.82) is 0 Å². The van der Waals surface area contributed by atoms with E-state index in [0.717, 1.165) is 12.0 Å². The Hall–Kier alpha value is -0.830. The second-order valence-electron chi connectivity index (χ2n) is 5.20. The maximum absolute atomic E-state index is 11.7. The molecule has 1 unspecified atom stereocenters. The summed E-state index contributed by atoms with van der Waals surface area (Å²) in [4.78, 5) is 11.7. The highest BCUT2D eigenvalue weighted by molar-refractivity contribution is 5.88. The minimum atomic E-state index is -0.0623. The Kier molecular flexibility index (Phi) is 6.34. The van der Waals surface area contributed by atoms with Crippen molar-refractivity contribution in [3.63, 3.8) is 0 Å². The third kappa shape index (κ3) is 5.91. The molecule has 1 atom stereocenters. The molecule has 0 aliphatic heterocycles. The number of nitrogens with one attached hydrogen (secondary N) is 1. The molecule has 0 bridgehead atoms. The minimum Gasteiger partial charge on any atom is -0.396 e. The SMILES string of the molecule is CCC(CCO)NC(=O)/C=C(/C)C(C)(C)C. The Morgan fingerprint density at radius 3 is 2.38 bits per heavy atom. The second-order valence-corrected chi connectivity index (χ2v) is 5.20. The van der Waals surface area contributed by atoms with Gasteiger partial charge < -0.3 is 10.4 Å². The fourth-order valence-corrected chi connectivity index (χ4v) is 1.19. The van der Waals surface area contributed by atoms with Crippen molar-refractivity contribution in [3.8, 4) is 0 Å². The van der Waals surface area contributed by atoms with Gasteiger partial charge in [-0.05, 0) is 25.2 Å². The van der Waals surface area contributed by atoms with Gasteiger partial charge in [0.05, 0.1) is 0 Å². The predicted molar refractivity (Wildman–Crippen MR) is 67.1 cm³/mol. The maximum atomic E-state index is 11.7. The molecule has 2 N–H and O–H groups in total. The summed E-state index contributed by atoms with van der Waals surface area (Å²) in [6.07, 6.45) is 3.11. The zero-order valence-corrected chi connectivity index (χ0v) is 11.1. The van der Waals surface area contributed by atoms with Crippen molar-refractivity contribution in [2.24, 2.45) is 5.41 Å². The monoisotopic (exact) mass is 227 g/mol. The Morgan fingerprint density at radius 2 is 2.00 bits per heavy atom. The molecule has 3 nitrogen and oxygen atoms in total. The van der Waals surface area contributed by atoms with E-state index in [0.29, 0.717) is 6.42 Å². The molecule has 0 heterocycles. The van der Waals surface area contributed by atoms with Crippen LogP contribution in [0.2, 0.25) is 0 Å². The van der Waals surface area contributed by atoms with E-state index < -0.39 is 0 Å². The molecular weight excluding hydrogens is 202 g/mol. The van der Waals surface area contributed by atoms with Gasteiger partial charge in [-0.2, -0.15) is 0 Å². The van der Waals surface area contributed by atoms with Crippen LogP contribution in [-0.2, 0) is 4.79 Å². The lowest BCUT2D eigenvalue weighted by molar-refractivity contribution is -0.117. The van der Waals surface area contributed by atoms with Crippen molar-refractivity contribution in [2.45, 2.75) is 53.5 Å². The van der Waals surface area contributed by atoms with E-state index in [1.54, 1.807) is 6.08 Å². The van der Waals surface area contributed by atoms with Crippen LogP contribution in [-0.4, -0.2) is 23.7 Å². The fraction of sp³-hybridized carbons (Fsp3) is 0.769. The van der Waals surface area contributed by atoms with E-state index in [1.165, 1.54) is 0 Å². The quantitative estimate of drug-likeness (QED) is 0.708. The molecule has 0 aromatic rings. The van der Waals surface area contributed by atoms with E-state index in [9.17, 15) is 4.79 Å². The predicted octanol–water partition coefficient (Wildman–Crippen LogP) is 2.26. The number of allylic oxidation sites excluding steroid dienone is 1. The molecule has 0 aliphatic carbocycles. The van der Waals surface area contributed by atoms with Gasteiger partial charge in [0.1, 0.15) is 0 Å². The normalized spacial score (nSPS) is 14.8. The van der Waals surface area contributed by atoms with Gasteiger partial charge >= 0.3 is 0 Å². The van der Waals surface area contributed by atoms with Crippen molar-refractivity contribution < 1.29 is 9.90 Å². The highest BCUT2D eigenvalue weighted by Gasteiger charge is 2.15. The molecule has 0 fully saturated rings. The van der Waals surface area contributed by atoms with Crippen molar-refractivity contribution >= 4 is 5.91 Å². The van der Waals surface area contributed by atoms with Crippen LogP contribution in [0.3, 0.4) is 0 Å². The summed E-state index contributed by atoms with van der Waals surface area (Å²) in [6, 6.07) is 0.0709. The summed E-state index contributed by atoms with van der Waals surface area (Å²) >= 11 is 0. The third-order valence-corrected chi connectivity index (χ3v) is 2.85. The summed E-state index contributed by atoms with van der Waals surface area (Å²) in [7, 11) is 0. The Morgan fingerprint density at radius 1 is 1.44 bits per heavy atom. The lowest BCUT2D eigenvalue weighted by atomic mass is 9.87. The summed E-state index contributed by atoms with van der Waals surface area (Å²) in [6.45, 7) is 10.3. The average molecular weight is 227 g/mol. The smallest absolute Gasteiger partial charge is 0.244 e. The number of aliphatic hydroxyl groups is 1. The Bertz CT molecular complexity index is 251. The zero-order chi connectivity index (χ0) is 12.8. The van der Waals surface area contributed by atoms with Crippen LogP contribution in [0.25, 0.3) is 0 Å². The molecule has 0 aromatic carbocycles. The first-order chi connectivity index (χ1) is 7.31. The molecule has 0 saturated heterocycles. The number of hydrogen-bond acceptors (Lipinski definition) is 2. The van der Waals surface area contributed by atoms with Gasteiger partial charge in [0, 0.05) is 18.7 Å². The summed E-state index contributed by atoms with van der Waals surface area (Å²) in [5.74, 6) is -0.0623. The molecule has 16 heavy (non-hydrogen) atoms. The first-order valence-corrected chi connectivity index (χ1v) is 5.91. The van der Waals surface area contributed by atoms with E-state index in [2.05, 4.69) is 26.1 Å². The van der Waals surface area contributed by atoms with Crippen LogP contribution < -0.4 is 5.32 Å². The van der Waals surface area contributed by atoms with Crippen molar-refractivity contribution in [2.75, 3.05) is 6.61 Å². The van der Waals surface area contributed by atoms with Gasteiger partial charge in [0.25, 0.3) is 0 Å². The number of carbonyl (C=O) groups excluding carboxylic acids is 1. The third-order valence-electron chi connectivity index (χ3n) is 2.85. The van der Waals surface area contributed by atoms with Crippen LogP contribution in [0.1, 0.15) is 47.5 Å². The van der Waals surface area contributed by atoms with Gasteiger partial charge in [-0.25, -0.2) is 0 Å². The summed E-state index contributed by atoms with van der Waals surface area (Å²) < 4.78 is 0. The molecule has 0 radical (unpaired) electrons. The zero-order valence-electron chi connectivity index (χ0n) is 11.1. The lowest BCUT2D eigenvalue weighted by Gasteiger charge is -2.20. The molecule has 0 aromatic heterocycles. The van der Waals surface area contributed by atoms with Gasteiger partial charge in [-0.15, -0.1) is 0 Å². The van der Waals surface area contributed by atoms with Crippen molar-refractivity contribution in [3.05, 3.63) is 11.6 Å². The highest BCUT2D eigenvalue weighted by atomic mass is 16.3. The first kappa shape index (κ1) is 15.2. The topological polar surface area (TPSA) is 49.3 Å². The van der Waals surface area contributed by atoms with Crippen molar-refractivity contribution in [1.82, 2.24) is 5.32 Å². The minimum absolute atomic E-state index is 0.0238. The Balaban J connectivity index is 4.36. The molecule has 0 spiro atoms. The lowest BCUT2D eigenvalue weighted by Crippen LogP contribution is -2.34. The average Bonchev–Trinajstić information content (AvgIpc) is 2.15. The molecule has 3 heteroatoms. The van der Waals surface area contributed by atoms with Gasteiger partial charge in [0.2, 0.25) is 5.91 Å². The Labute approximate surface area is 98.9 Å². The van der Waals surface area contributed by atoms with Crippen LogP contribution in [0.15, 0.2) is 11.6 Å². The number of amides is 1. The fourth-order valence-electron chi connectivity index (χ4n) is 1.19. The number of hydrogen-bond donors (Lipinski definition) is 2. The molecule has 0 saturated carbocycles. The van der Waals surface area contributed by atoms with Crippen LogP contribution >= 0.6 is 0 Å². The first-order valence-electron chi connectivity index (χ1n) is 5.91. The molecule has 0 aliphatic rings. The maximum Gasteiger partial charge on any atom is 0.244 e.